The fourth-order valence-corrected chi connectivity index (χ4v) is 7.11. The van der Waals surface area contributed by atoms with Crippen LogP contribution < -0.4 is 14.8 Å². The van der Waals surface area contributed by atoms with E-state index in [9.17, 15) is 4.79 Å². The number of aryl methyl sites for hydroxylation is 1. The van der Waals surface area contributed by atoms with E-state index >= 15 is 0 Å². The van der Waals surface area contributed by atoms with Gasteiger partial charge in [0.05, 0.1) is 16.6 Å². The minimum atomic E-state index is 0.0456. The van der Waals surface area contributed by atoms with E-state index in [0.717, 1.165) is 58.3 Å². The van der Waals surface area contributed by atoms with Crippen LogP contribution in [0.3, 0.4) is 0 Å². The van der Waals surface area contributed by atoms with E-state index in [0.29, 0.717) is 24.7 Å². The van der Waals surface area contributed by atoms with Crippen molar-refractivity contribution in [2.45, 2.75) is 77.4 Å². The summed E-state index contributed by atoms with van der Waals surface area (Å²) in [5.41, 5.74) is 3.98. The van der Waals surface area contributed by atoms with Crippen molar-refractivity contribution in [1.82, 2.24) is 5.32 Å². The number of nitrogens with zero attached hydrogens (tertiary/aromatic N) is 1. The molecule has 5 rings (SSSR count). The molecule has 1 amide bonds. The maximum atomic E-state index is 13.5. The lowest BCUT2D eigenvalue weighted by Gasteiger charge is -2.23. The summed E-state index contributed by atoms with van der Waals surface area (Å²) in [5, 5.41) is 4.14. The van der Waals surface area contributed by atoms with Crippen LogP contribution >= 0.6 is 27.3 Å². The third-order valence-electron chi connectivity index (χ3n) is 7.21. The molecule has 0 unspecified atom stereocenters. The molecule has 5 nitrogen and oxygen atoms in total. The summed E-state index contributed by atoms with van der Waals surface area (Å²) in [5.74, 6) is 1.39. The van der Waals surface area contributed by atoms with Crippen molar-refractivity contribution >= 4 is 44.4 Å². The third-order valence-corrected chi connectivity index (χ3v) is 9.00. The highest BCUT2D eigenvalue weighted by Gasteiger charge is 2.27. The highest BCUT2D eigenvalue weighted by atomic mass is 79.9. The van der Waals surface area contributed by atoms with E-state index in [-0.39, 0.29) is 11.9 Å². The molecule has 0 aliphatic heterocycles. The summed E-state index contributed by atoms with van der Waals surface area (Å²) in [6, 6.07) is 14.3. The van der Waals surface area contributed by atoms with E-state index in [4.69, 9.17) is 14.5 Å². The predicted octanol–water partition coefficient (Wildman–Crippen LogP) is 8.18. The second kappa shape index (κ2) is 12.9. The van der Waals surface area contributed by atoms with Crippen LogP contribution in [-0.2, 0) is 19.4 Å². The number of amides is 1. The quantitative estimate of drug-likeness (QED) is 0.254. The smallest absolute Gasteiger partial charge is 0.254 e. The molecule has 1 heterocycles. The number of aliphatic imine (C=N–C) groups is 1. The molecule has 2 aliphatic carbocycles. The van der Waals surface area contributed by atoms with Gasteiger partial charge < -0.3 is 14.8 Å². The zero-order valence-corrected chi connectivity index (χ0v) is 24.3. The van der Waals surface area contributed by atoms with E-state index in [2.05, 4.69) is 21.2 Å². The Morgan fingerprint density at radius 2 is 1.87 bits per heavy atom. The van der Waals surface area contributed by atoms with Crippen molar-refractivity contribution in [1.29, 1.82) is 0 Å². The second-order valence-corrected chi connectivity index (χ2v) is 11.9. The molecule has 2 aromatic carbocycles. The molecule has 0 bridgehead atoms. The summed E-state index contributed by atoms with van der Waals surface area (Å²) >= 11 is 5.35. The number of benzene rings is 2. The van der Waals surface area contributed by atoms with Crippen molar-refractivity contribution in [2.75, 3.05) is 6.61 Å². The molecular formula is C31H35BrN2O3S. The van der Waals surface area contributed by atoms with Gasteiger partial charge >= 0.3 is 0 Å². The Bertz CT molecular complexity index is 1280. The summed E-state index contributed by atoms with van der Waals surface area (Å²) in [6.45, 7) is 2.94. The number of halogens is 1. The average molecular weight is 596 g/mol. The van der Waals surface area contributed by atoms with Gasteiger partial charge in [0.15, 0.2) is 11.5 Å². The number of nitrogens with one attached hydrogen (secondary N) is 1. The third kappa shape index (κ3) is 6.49. The summed E-state index contributed by atoms with van der Waals surface area (Å²) in [7, 11) is 0. The molecule has 7 heteroatoms. The van der Waals surface area contributed by atoms with E-state index in [1.807, 2.05) is 55.6 Å². The highest BCUT2D eigenvalue weighted by molar-refractivity contribution is 9.10. The molecule has 0 saturated heterocycles. The van der Waals surface area contributed by atoms with Crippen LogP contribution in [0.1, 0.15) is 83.8 Å². The number of hydrogen-bond acceptors (Lipinski definition) is 5. The monoisotopic (exact) mass is 594 g/mol. The van der Waals surface area contributed by atoms with Crippen molar-refractivity contribution in [2.24, 2.45) is 4.99 Å². The molecule has 1 fully saturated rings. The largest absolute Gasteiger partial charge is 0.490 e. The normalized spacial score (nSPS) is 15.8. The van der Waals surface area contributed by atoms with Gasteiger partial charge in [-0.3, -0.25) is 4.79 Å². The lowest BCUT2D eigenvalue weighted by atomic mass is 9.93. The van der Waals surface area contributed by atoms with Crippen LogP contribution in [0, 0.1) is 0 Å². The van der Waals surface area contributed by atoms with Crippen molar-refractivity contribution in [3.05, 3.63) is 74.1 Å². The first-order chi connectivity index (χ1) is 18.6. The fraction of sp³-hybridized carbons (Fsp3) is 0.419. The van der Waals surface area contributed by atoms with E-state index < -0.39 is 0 Å². The molecule has 38 heavy (non-hydrogen) atoms. The van der Waals surface area contributed by atoms with Crippen LogP contribution in [0.25, 0.3) is 0 Å². The molecule has 0 spiro atoms. The first-order valence-corrected chi connectivity index (χ1v) is 15.4. The zero-order valence-electron chi connectivity index (χ0n) is 21.9. The number of carbonyl (C=O) groups excluding carboxylic acids is 1. The number of ether oxygens (including phenoxy) is 2. The Kier molecular flexibility index (Phi) is 9.18. The number of carbonyl (C=O) groups is 1. The van der Waals surface area contributed by atoms with Gasteiger partial charge in [-0.25, -0.2) is 4.99 Å². The molecule has 200 valence electrons. The van der Waals surface area contributed by atoms with Crippen LogP contribution in [0.4, 0.5) is 5.00 Å². The van der Waals surface area contributed by atoms with E-state index in [1.54, 1.807) is 11.3 Å². The zero-order chi connectivity index (χ0) is 26.3. The Morgan fingerprint density at radius 3 is 2.66 bits per heavy atom. The first-order valence-electron chi connectivity index (χ1n) is 13.7. The Labute approximate surface area is 237 Å². The van der Waals surface area contributed by atoms with Crippen molar-refractivity contribution < 1.29 is 14.3 Å². The SMILES string of the molecule is CCOc1cc(/C=N\c2sc3c(c2C(=O)NC2CCCCC2)CCCC3)cc(Br)c1OCc1ccccc1. The van der Waals surface area contributed by atoms with Crippen molar-refractivity contribution in [3.63, 3.8) is 0 Å². The van der Waals surface area contributed by atoms with Crippen LogP contribution in [0.5, 0.6) is 11.5 Å². The standard InChI is InChI=1S/C31H35BrN2O3S/c1-2-36-26-18-22(17-25(32)29(26)37-20-21-11-5-3-6-12-21)19-33-31-28(24-15-9-10-16-27(24)38-31)30(35)34-23-13-7-4-8-14-23/h3,5-6,11-12,17-19,23H,2,4,7-10,13-16,20H2,1H3,(H,34,35)/b33-19-. The van der Waals surface area contributed by atoms with Crippen LogP contribution in [0.15, 0.2) is 51.9 Å². The highest BCUT2D eigenvalue weighted by Crippen LogP contribution is 2.41. The van der Waals surface area contributed by atoms with Gasteiger partial charge in [-0.1, -0.05) is 49.6 Å². The molecule has 3 aromatic rings. The number of thiophene rings is 1. The maximum Gasteiger partial charge on any atom is 0.254 e. The molecule has 1 aromatic heterocycles. The molecule has 0 atom stereocenters. The van der Waals surface area contributed by atoms with Gasteiger partial charge in [-0.2, -0.15) is 0 Å². The van der Waals surface area contributed by atoms with Crippen LogP contribution in [0.2, 0.25) is 0 Å². The summed E-state index contributed by atoms with van der Waals surface area (Å²) in [4.78, 5) is 19.7. The number of fused-ring (bicyclic) bond motifs is 1. The molecule has 0 radical (unpaired) electrons. The first kappa shape index (κ1) is 26.9. The average Bonchev–Trinajstić information content (AvgIpc) is 3.31. The topological polar surface area (TPSA) is 59.9 Å². The lowest BCUT2D eigenvalue weighted by molar-refractivity contribution is 0.0927. The Morgan fingerprint density at radius 1 is 1.08 bits per heavy atom. The second-order valence-electron chi connectivity index (χ2n) is 9.99. The van der Waals surface area contributed by atoms with Gasteiger partial charge in [0, 0.05) is 17.1 Å². The number of rotatable bonds is 9. The van der Waals surface area contributed by atoms with Gasteiger partial charge in [-0.15, -0.1) is 11.3 Å². The maximum absolute atomic E-state index is 13.5. The molecule has 1 N–H and O–H groups in total. The predicted molar refractivity (Wildman–Crippen MR) is 159 cm³/mol. The summed E-state index contributed by atoms with van der Waals surface area (Å²) in [6.07, 6.45) is 11.9. The fourth-order valence-electron chi connectivity index (χ4n) is 5.31. The van der Waals surface area contributed by atoms with Gasteiger partial charge in [0.25, 0.3) is 5.91 Å². The Hall–Kier alpha value is -2.64. The van der Waals surface area contributed by atoms with Crippen molar-refractivity contribution in [3.8, 4) is 11.5 Å². The minimum absolute atomic E-state index is 0.0456. The Balaban J connectivity index is 1.40. The van der Waals surface area contributed by atoms with Crippen LogP contribution in [-0.4, -0.2) is 24.8 Å². The minimum Gasteiger partial charge on any atom is -0.490 e. The lowest BCUT2D eigenvalue weighted by Crippen LogP contribution is -2.36. The summed E-state index contributed by atoms with van der Waals surface area (Å²) < 4.78 is 12.9. The van der Waals surface area contributed by atoms with Gasteiger partial charge in [0.1, 0.15) is 11.6 Å². The number of hydrogen-bond donors (Lipinski definition) is 1. The molecular weight excluding hydrogens is 560 g/mol. The molecule has 1 saturated carbocycles. The van der Waals surface area contributed by atoms with Gasteiger partial charge in [0.2, 0.25) is 0 Å². The van der Waals surface area contributed by atoms with Gasteiger partial charge in [-0.05, 0) is 90.2 Å². The molecule has 2 aliphatic rings. The van der Waals surface area contributed by atoms with E-state index in [1.165, 1.54) is 36.1 Å².